The van der Waals surface area contributed by atoms with Gasteiger partial charge in [0, 0.05) is 6.04 Å². The van der Waals surface area contributed by atoms with E-state index < -0.39 is 18.0 Å². The number of ether oxygens (including phenoxy) is 2. The molecule has 0 aliphatic carbocycles. The van der Waals surface area contributed by atoms with Crippen LogP contribution in [0.15, 0.2) is 18.2 Å². The number of rotatable bonds is 8. The molecule has 4 N–H and O–H groups in total. The first-order chi connectivity index (χ1) is 10.9. The minimum atomic E-state index is -0.865. The van der Waals surface area contributed by atoms with Gasteiger partial charge < -0.3 is 15.2 Å². The SMILES string of the molecule is CCCOc1ccc([C@@H](C)N[C@@H](C)C(=O)NC(N)=O)cc1OC. The number of carbonyl (C=O) groups is 2. The Morgan fingerprint density at radius 1 is 1.26 bits per heavy atom. The van der Waals surface area contributed by atoms with Gasteiger partial charge in [-0.2, -0.15) is 0 Å². The van der Waals surface area contributed by atoms with Gasteiger partial charge in [-0.15, -0.1) is 0 Å². The van der Waals surface area contributed by atoms with Crippen LogP contribution in [0.4, 0.5) is 4.79 Å². The number of amides is 3. The summed E-state index contributed by atoms with van der Waals surface area (Å²) in [6.45, 7) is 6.22. The summed E-state index contributed by atoms with van der Waals surface area (Å²) < 4.78 is 11.0. The van der Waals surface area contributed by atoms with Crippen molar-refractivity contribution >= 4 is 11.9 Å². The lowest BCUT2D eigenvalue weighted by Gasteiger charge is -2.20. The van der Waals surface area contributed by atoms with Crippen molar-refractivity contribution in [1.29, 1.82) is 0 Å². The van der Waals surface area contributed by atoms with Gasteiger partial charge in [0.25, 0.3) is 0 Å². The average molecular weight is 323 g/mol. The molecule has 0 spiro atoms. The molecule has 0 bridgehead atoms. The zero-order chi connectivity index (χ0) is 17.4. The lowest BCUT2D eigenvalue weighted by Crippen LogP contribution is -2.47. The van der Waals surface area contributed by atoms with E-state index in [1.54, 1.807) is 14.0 Å². The van der Waals surface area contributed by atoms with E-state index in [-0.39, 0.29) is 6.04 Å². The summed E-state index contributed by atoms with van der Waals surface area (Å²) in [4.78, 5) is 22.4. The predicted octanol–water partition coefficient (Wildman–Crippen LogP) is 1.72. The summed E-state index contributed by atoms with van der Waals surface area (Å²) in [5, 5.41) is 5.15. The molecule has 23 heavy (non-hydrogen) atoms. The zero-order valence-electron chi connectivity index (χ0n) is 14.0. The number of nitrogens with two attached hydrogens (primary N) is 1. The van der Waals surface area contributed by atoms with E-state index in [2.05, 4.69) is 5.32 Å². The van der Waals surface area contributed by atoms with Crippen molar-refractivity contribution in [3.8, 4) is 11.5 Å². The Labute approximate surface area is 136 Å². The molecule has 0 aliphatic heterocycles. The van der Waals surface area contributed by atoms with Gasteiger partial charge in [0.15, 0.2) is 11.5 Å². The maximum Gasteiger partial charge on any atom is 0.318 e. The molecule has 0 heterocycles. The lowest BCUT2D eigenvalue weighted by molar-refractivity contribution is -0.121. The van der Waals surface area contributed by atoms with Gasteiger partial charge >= 0.3 is 6.03 Å². The maximum absolute atomic E-state index is 11.7. The normalized spacial score (nSPS) is 13.0. The summed E-state index contributed by atoms with van der Waals surface area (Å²) in [7, 11) is 1.58. The highest BCUT2D eigenvalue weighted by atomic mass is 16.5. The Hall–Kier alpha value is -2.28. The third-order valence-electron chi connectivity index (χ3n) is 3.29. The van der Waals surface area contributed by atoms with Gasteiger partial charge in [0.2, 0.25) is 5.91 Å². The zero-order valence-corrected chi connectivity index (χ0v) is 14.0. The van der Waals surface area contributed by atoms with Gasteiger partial charge in [0.05, 0.1) is 19.8 Å². The van der Waals surface area contributed by atoms with Crippen LogP contribution in [0.25, 0.3) is 0 Å². The van der Waals surface area contributed by atoms with Crippen LogP contribution in [0.1, 0.15) is 38.8 Å². The van der Waals surface area contributed by atoms with Crippen molar-refractivity contribution in [2.45, 2.75) is 39.3 Å². The molecule has 7 nitrogen and oxygen atoms in total. The molecule has 7 heteroatoms. The fourth-order valence-electron chi connectivity index (χ4n) is 2.06. The van der Waals surface area contributed by atoms with Crippen LogP contribution in [-0.2, 0) is 4.79 Å². The first kappa shape index (κ1) is 18.8. The van der Waals surface area contributed by atoms with Gasteiger partial charge in [-0.05, 0) is 38.0 Å². The summed E-state index contributed by atoms with van der Waals surface area (Å²) >= 11 is 0. The smallest absolute Gasteiger partial charge is 0.318 e. The molecule has 3 amide bonds. The molecule has 0 aromatic heterocycles. The van der Waals surface area contributed by atoms with E-state index in [1.165, 1.54) is 0 Å². The number of hydrogen-bond acceptors (Lipinski definition) is 5. The second-order valence-corrected chi connectivity index (χ2v) is 5.22. The van der Waals surface area contributed by atoms with E-state index in [9.17, 15) is 9.59 Å². The first-order valence-electron chi connectivity index (χ1n) is 7.56. The number of urea groups is 1. The Balaban J connectivity index is 2.77. The molecule has 128 valence electrons. The Morgan fingerprint density at radius 2 is 1.96 bits per heavy atom. The molecule has 0 saturated heterocycles. The van der Waals surface area contributed by atoms with Crippen LogP contribution >= 0.6 is 0 Å². The molecular formula is C16H25N3O4. The predicted molar refractivity (Wildman–Crippen MR) is 87.5 cm³/mol. The van der Waals surface area contributed by atoms with E-state index in [0.29, 0.717) is 18.1 Å². The van der Waals surface area contributed by atoms with E-state index >= 15 is 0 Å². The molecule has 2 atom stereocenters. The van der Waals surface area contributed by atoms with Crippen LogP contribution in [0.3, 0.4) is 0 Å². The largest absolute Gasteiger partial charge is 0.493 e. The molecule has 1 aromatic rings. The molecule has 0 radical (unpaired) electrons. The monoisotopic (exact) mass is 323 g/mol. The fourth-order valence-corrected chi connectivity index (χ4v) is 2.06. The third kappa shape index (κ3) is 5.78. The van der Waals surface area contributed by atoms with E-state index in [0.717, 1.165) is 12.0 Å². The summed E-state index contributed by atoms with van der Waals surface area (Å²) in [6, 6.07) is 4.05. The van der Waals surface area contributed by atoms with Crippen LogP contribution < -0.4 is 25.8 Å². The highest BCUT2D eigenvalue weighted by Gasteiger charge is 2.18. The number of nitrogens with one attached hydrogen (secondary N) is 2. The quantitative estimate of drug-likeness (QED) is 0.676. The Kier molecular flexibility index (Phi) is 7.34. The van der Waals surface area contributed by atoms with Gasteiger partial charge in [-0.3, -0.25) is 15.4 Å². The van der Waals surface area contributed by atoms with Gasteiger partial charge in [-0.25, -0.2) is 4.79 Å². The molecular weight excluding hydrogens is 298 g/mol. The highest BCUT2D eigenvalue weighted by molar-refractivity contribution is 5.96. The van der Waals surface area contributed by atoms with Crippen molar-refractivity contribution in [1.82, 2.24) is 10.6 Å². The third-order valence-corrected chi connectivity index (χ3v) is 3.29. The summed E-state index contributed by atoms with van der Waals surface area (Å²) in [6.07, 6.45) is 0.912. The number of methoxy groups -OCH3 is 1. The minimum Gasteiger partial charge on any atom is -0.493 e. The van der Waals surface area contributed by atoms with Crippen LogP contribution in [0, 0.1) is 0 Å². The summed E-state index contributed by atoms with van der Waals surface area (Å²) in [5.74, 6) is 0.850. The lowest BCUT2D eigenvalue weighted by atomic mass is 10.1. The standard InChI is InChI=1S/C16H25N3O4/c1-5-8-23-13-7-6-12(9-14(13)22-4)10(2)18-11(3)15(20)19-16(17)21/h6-7,9-11,18H,5,8H2,1-4H3,(H3,17,19,20,21)/t10-,11+/m1/s1. The van der Waals surface area contributed by atoms with E-state index in [4.69, 9.17) is 15.2 Å². The Morgan fingerprint density at radius 3 is 2.52 bits per heavy atom. The van der Waals surface area contributed by atoms with Crippen LogP contribution in [0.2, 0.25) is 0 Å². The second kappa shape index (κ2) is 8.99. The molecule has 0 unspecified atom stereocenters. The second-order valence-electron chi connectivity index (χ2n) is 5.22. The number of benzene rings is 1. The maximum atomic E-state index is 11.7. The average Bonchev–Trinajstić information content (AvgIpc) is 2.51. The number of primary amides is 1. The highest BCUT2D eigenvalue weighted by Crippen LogP contribution is 2.30. The molecule has 0 aliphatic rings. The van der Waals surface area contributed by atoms with Crippen molar-refractivity contribution in [2.75, 3.05) is 13.7 Å². The molecule has 0 fully saturated rings. The molecule has 1 aromatic carbocycles. The van der Waals surface area contributed by atoms with Crippen molar-refractivity contribution in [3.05, 3.63) is 23.8 Å². The van der Waals surface area contributed by atoms with Gasteiger partial charge in [-0.1, -0.05) is 13.0 Å². The van der Waals surface area contributed by atoms with Gasteiger partial charge in [0.1, 0.15) is 0 Å². The van der Waals surface area contributed by atoms with E-state index in [1.807, 2.05) is 37.4 Å². The van der Waals surface area contributed by atoms with Crippen molar-refractivity contribution in [2.24, 2.45) is 5.73 Å². The van der Waals surface area contributed by atoms with Crippen molar-refractivity contribution in [3.63, 3.8) is 0 Å². The van der Waals surface area contributed by atoms with Crippen LogP contribution in [0.5, 0.6) is 11.5 Å². The first-order valence-corrected chi connectivity index (χ1v) is 7.56. The minimum absolute atomic E-state index is 0.127. The topological polar surface area (TPSA) is 103 Å². The molecule has 0 saturated carbocycles. The van der Waals surface area contributed by atoms with Crippen molar-refractivity contribution < 1.29 is 19.1 Å². The Bertz CT molecular complexity index is 548. The number of hydrogen-bond donors (Lipinski definition) is 3. The summed E-state index contributed by atoms with van der Waals surface area (Å²) in [5.41, 5.74) is 5.87. The number of imide groups is 1. The van der Waals surface area contributed by atoms with Crippen LogP contribution in [-0.4, -0.2) is 31.7 Å². The molecule has 1 rings (SSSR count). The number of carbonyl (C=O) groups excluding carboxylic acids is 2. The fraction of sp³-hybridized carbons (Fsp3) is 0.500.